The van der Waals surface area contributed by atoms with Gasteiger partial charge in [0.25, 0.3) is 0 Å². The number of pyridine rings is 1. The molecule has 0 saturated carbocycles. The average Bonchev–Trinajstić information content (AvgIpc) is 2.55. The lowest BCUT2D eigenvalue weighted by Gasteiger charge is -2.17. The van der Waals surface area contributed by atoms with Crippen LogP contribution in [-0.2, 0) is 0 Å². The second kappa shape index (κ2) is 7.68. The van der Waals surface area contributed by atoms with E-state index in [0.29, 0.717) is 12.3 Å². The Labute approximate surface area is 140 Å². The van der Waals surface area contributed by atoms with Crippen LogP contribution in [0.15, 0.2) is 41.3 Å². The van der Waals surface area contributed by atoms with Gasteiger partial charge in [0.2, 0.25) is 0 Å². The number of nitrogens with zero attached hydrogens (tertiary/aromatic N) is 2. The first-order valence-corrected chi connectivity index (χ1v) is 7.85. The highest BCUT2D eigenvalue weighted by molar-refractivity contribution is 5.87. The van der Waals surface area contributed by atoms with E-state index in [2.05, 4.69) is 0 Å². The molecule has 0 aliphatic heterocycles. The minimum Gasteiger partial charge on any atom is -0.477 e. The molecular formula is C18H22N2O4. The summed E-state index contributed by atoms with van der Waals surface area (Å²) in [7, 11) is 3.89. The summed E-state index contributed by atoms with van der Waals surface area (Å²) in [6.45, 7) is 2.49. The molecule has 0 fully saturated rings. The zero-order chi connectivity index (χ0) is 17.7. The average molecular weight is 330 g/mol. The number of aromatic nitrogens is 1. The van der Waals surface area contributed by atoms with E-state index in [-0.39, 0.29) is 5.56 Å². The van der Waals surface area contributed by atoms with E-state index in [1.165, 1.54) is 17.0 Å². The van der Waals surface area contributed by atoms with Crippen LogP contribution in [0.4, 0.5) is 5.69 Å². The topological polar surface area (TPSA) is 71.8 Å². The Morgan fingerprint density at radius 1 is 1.25 bits per heavy atom. The highest BCUT2D eigenvalue weighted by Crippen LogP contribution is 2.21. The fourth-order valence-corrected chi connectivity index (χ4v) is 2.23. The summed E-state index contributed by atoms with van der Waals surface area (Å²) in [5.41, 5.74) is 1.50. The van der Waals surface area contributed by atoms with Gasteiger partial charge in [-0.15, -0.1) is 0 Å². The first-order valence-electron chi connectivity index (χ1n) is 7.85. The lowest BCUT2D eigenvalue weighted by Crippen LogP contribution is -2.23. The molecule has 0 radical (unpaired) electrons. The zero-order valence-corrected chi connectivity index (χ0v) is 14.2. The molecule has 2 rings (SSSR count). The number of unbranched alkanes of at least 4 members (excludes halogenated alkanes) is 1. The number of benzene rings is 1. The molecule has 1 aromatic carbocycles. The second-order valence-corrected chi connectivity index (χ2v) is 5.70. The van der Waals surface area contributed by atoms with Crippen molar-refractivity contribution in [3.63, 3.8) is 0 Å². The Morgan fingerprint density at radius 2 is 1.92 bits per heavy atom. The van der Waals surface area contributed by atoms with Crippen molar-refractivity contribution in [2.75, 3.05) is 25.6 Å². The van der Waals surface area contributed by atoms with Gasteiger partial charge in [-0.3, -0.25) is 4.79 Å². The molecule has 6 heteroatoms. The quantitative estimate of drug-likeness (QED) is 0.790. The van der Waals surface area contributed by atoms with Gasteiger partial charge in [0.15, 0.2) is 5.43 Å². The van der Waals surface area contributed by atoms with Crippen molar-refractivity contribution in [3.05, 3.63) is 52.3 Å². The van der Waals surface area contributed by atoms with E-state index in [1.54, 1.807) is 0 Å². The van der Waals surface area contributed by atoms with Gasteiger partial charge < -0.3 is 14.8 Å². The lowest BCUT2D eigenvalue weighted by atomic mass is 10.1. The van der Waals surface area contributed by atoms with Gasteiger partial charge in [0.1, 0.15) is 12.2 Å². The Kier molecular flexibility index (Phi) is 5.63. The molecule has 0 spiro atoms. The van der Waals surface area contributed by atoms with Gasteiger partial charge in [-0.2, -0.15) is 4.73 Å². The maximum atomic E-state index is 12.1. The van der Waals surface area contributed by atoms with Crippen LogP contribution in [0.1, 0.15) is 30.1 Å². The van der Waals surface area contributed by atoms with Crippen molar-refractivity contribution >= 4 is 11.7 Å². The monoisotopic (exact) mass is 330 g/mol. The molecular weight excluding hydrogens is 308 g/mol. The van der Waals surface area contributed by atoms with E-state index in [4.69, 9.17) is 9.94 Å². The van der Waals surface area contributed by atoms with Crippen LogP contribution in [-0.4, -0.2) is 36.5 Å². The summed E-state index contributed by atoms with van der Waals surface area (Å²) < 4.78 is 1.38. The number of hydrogen-bond acceptors (Lipinski definition) is 4. The number of hydrogen-bond donors (Lipinski definition) is 1. The van der Waals surface area contributed by atoms with Gasteiger partial charge in [-0.05, 0) is 18.6 Å². The third-order valence-corrected chi connectivity index (χ3v) is 3.66. The predicted molar refractivity (Wildman–Crippen MR) is 93.8 cm³/mol. The Bertz CT molecular complexity index is 764. The third-order valence-electron chi connectivity index (χ3n) is 3.66. The van der Waals surface area contributed by atoms with E-state index in [0.717, 1.165) is 24.1 Å². The SMILES string of the molecule is CCCCOn1cc(C(=O)O)c(=O)cc1-c1ccc(N(C)C)cc1. The van der Waals surface area contributed by atoms with Crippen molar-refractivity contribution in [2.45, 2.75) is 19.8 Å². The first kappa shape index (κ1) is 17.6. The molecule has 0 aliphatic carbocycles. The van der Waals surface area contributed by atoms with Crippen LogP contribution in [0.5, 0.6) is 0 Å². The largest absolute Gasteiger partial charge is 0.477 e. The van der Waals surface area contributed by atoms with Crippen molar-refractivity contribution in [3.8, 4) is 11.3 Å². The molecule has 0 atom stereocenters. The highest BCUT2D eigenvalue weighted by atomic mass is 16.7. The van der Waals surface area contributed by atoms with Gasteiger partial charge in [0.05, 0.1) is 11.9 Å². The van der Waals surface area contributed by atoms with Crippen molar-refractivity contribution < 1.29 is 14.7 Å². The summed E-state index contributed by atoms with van der Waals surface area (Å²) in [4.78, 5) is 30.9. The maximum absolute atomic E-state index is 12.1. The fourth-order valence-electron chi connectivity index (χ4n) is 2.23. The molecule has 0 unspecified atom stereocenters. The van der Waals surface area contributed by atoms with Crippen LogP contribution < -0.4 is 15.2 Å². The fraction of sp³-hybridized carbons (Fsp3) is 0.333. The molecule has 24 heavy (non-hydrogen) atoms. The van der Waals surface area contributed by atoms with E-state index >= 15 is 0 Å². The summed E-state index contributed by atoms with van der Waals surface area (Å²) in [6, 6.07) is 8.93. The summed E-state index contributed by atoms with van der Waals surface area (Å²) in [6.07, 6.45) is 3.04. The third kappa shape index (κ3) is 3.95. The van der Waals surface area contributed by atoms with Crippen LogP contribution in [0, 0.1) is 0 Å². The van der Waals surface area contributed by atoms with Gasteiger partial charge >= 0.3 is 5.97 Å². The number of carboxylic acid groups (broad SMARTS) is 1. The molecule has 0 aliphatic rings. The number of carboxylic acids is 1. The number of rotatable bonds is 7. The number of anilines is 1. The summed E-state index contributed by atoms with van der Waals surface area (Å²) in [5.74, 6) is -1.26. The highest BCUT2D eigenvalue weighted by Gasteiger charge is 2.14. The molecule has 1 N–H and O–H groups in total. The molecule has 0 amide bonds. The first-order chi connectivity index (χ1) is 11.4. The van der Waals surface area contributed by atoms with Gasteiger partial charge in [-0.1, -0.05) is 25.5 Å². The van der Waals surface area contributed by atoms with Crippen molar-refractivity contribution in [2.24, 2.45) is 0 Å². The number of aromatic carboxylic acids is 1. The number of carbonyl (C=O) groups is 1. The Hall–Kier alpha value is -2.76. The molecule has 1 heterocycles. The Balaban J connectivity index is 2.47. The second-order valence-electron chi connectivity index (χ2n) is 5.70. The summed E-state index contributed by atoms with van der Waals surface area (Å²) in [5, 5.41) is 9.15. The Morgan fingerprint density at radius 3 is 2.46 bits per heavy atom. The summed E-state index contributed by atoms with van der Waals surface area (Å²) >= 11 is 0. The van der Waals surface area contributed by atoms with Gasteiger partial charge in [-0.25, -0.2) is 4.79 Å². The minimum atomic E-state index is -1.26. The smallest absolute Gasteiger partial charge is 0.341 e. The molecule has 2 aromatic rings. The van der Waals surface area contributed by atoms with Crippen LogP contribution in [0.2, 0.25) is 0 Å². The molecule has 0 saturated heterocycles. The van der Waals surface area contributed by atoms with E-state index in [1.807, 2.05) is 50.2 Å². The zero-order valence-electron chi connectivity index (χ0n) is 14.2. The van der Waals surface area contributed by atoms with E-state index < -0.39 is 11.4 Å². The molecule has 128 valence electrons. The molecule has 6 nitrogen and oxygen atoms in total. The standard InChI is InChI=1S/C18H22N2O4/c1-4-5-10-24-20-12-15(18(22)23)17(21)11-16(20)13-6-8-14(9-7-13)19(2)3/h6-9,11-12H,4-5,10H2,1-3H3,(H,22,23). The van der Waals surface area contributed by atoms with Crippen LogP contribution in [0.25, 0.3) is 11.3 Å². The van der Waals surface area contributed by atoms with Crippen LogP contribution >= 0.6 is 0 Å². The van der Waals surface area contributed by atoms with Crippen LogP contribution in [0.3, 0.4) is 0 Å². The maximum Gasteiger partial charge on any atom is 0.341 e. The molecule has 0 bridgehead atoms. The van der Waals surface area contributed by atoms with E-state index in [9.17, 15) is 9.59 Å². The van der Waals surface area contributed by atoms with Crippen molar-refractivity contribution in [1.82, 2.24) is 4.73 Å². The normalized spacial score (nSPS) is 10.5. The molecule has 1 aromatic heterocycles. The van der Waals surface area contributed by atoms with Gasteiger partial charge in [0, 0.05) is 31.4 Å². The minimum absolute atomic E-state index is 0.305. The van der Waals surface area contributed by atoms with Crippen molar-refractivity contribution in [1.29, 1.82) is 0 Å². The predicted octanol–water partition coefficient (Wildman–Crippen LogP) is 2.51. The lowest BCUT2D eigenvalue weighted by molar-refractivity contribution is 0.0683.